The Balaban J connectivity index is 1.61. The van der Waals surface area contributed by atoms with Crippen molar-refractivity contribution in [3.05, 3.63) is 82.9 Å². The highest BCUT2D eigenvalue weighted by Crippen LogP contribution is 2.41. The summed E-state index contributed by atoms with van der Waals surface area (Å²) in [7, 11) is 0. The fraction of sp³-hybridized carbons (Fsp3) is 0.393. The van der Waals surface area contributed by atoms with E-state index >= 15 is 0 Å². The standard InChI is InChI=1S/C28H35N5OS/c1-6-21-11-7-8-12-23(21)30-25(34)14-16-32-27(22-17-19(4)33(18(2)3)20(22)5)26(31-28(32)35)24-13-9-10-15-29-24/h7-13,15,17-18,26-27H,6,14,16H2,1-5H3,(H,30,34)(H,31,35)/t26-,27-/m0/s1. The average Bonchev–Trinajstić information content (AvgIpc) is 3.33. The Labute approximate surface area is 213 Å². The van der Waals surface area contributed by atoms with Crippen molar-refractivity contribution in [2.45, 2.75) is 65.6 Å². The van der Waals surface area contributed by atoms with Gasteiger partial charge in [-0.05, 0) is 81.7 Å². The topological polar surface area (TPSA) is 62.2 Å². The zero-order valence-corrected chi connectivity index (χ0v) is 22.0. The molecule has 0 spiro atoms. The average molecular weight is 490 g/mol. The number of para-hydroxylation sites is 1. The maximum absolute atomic E-state index is 12.9. The molecule has 0 unspecified atom stereocenters. The number of thiocarbonyl (C=S) groups is 1. The lowest BCUT2D eigenvalue weighted by molar-refractivity contribution is -0.116. The van der Waals surface area contributed by atoms with E-state index in [0.29, 0.717) is 24.1 Å². The molecule has 1 aliphatic rings. The predicted octanol–water partition coefficient (Wildman–Crippen LogP) is 5.64. The van der Waals surface area contributed by atoms with E-state index in [2.05, 4.69) is 65.8 Å². The molecule has 1 amide bonds. The van der Waals surface area contributed by atoms with Gasteiger partial charge in [0, 0.05) is 42.3 Å². The largest absolute Gasteiger partial charge is 0.352 e. The van der Waals surface area contributed by atoms with Gasteiger partial charge in [-0.25, -0.2) is 0 Å². The van der Waals surface area contributed by atoms with Crippen LogP contribution in [0.3, 0.4) is 0 Å². The van der Waals surface area contributed by atoms with Gasteiger partial charge in [-0.3, -0.25) is 9.78 Å². The number of amides is 1. The van der Waals surface area contributed by atoms with Crippen molar-refractivity contribution in [3.8, 4) is 0 Å². The molecule has 3 heterocycles. The highest BCUT2D eigenvalue weighted by Gasteiger charge is 2.41. The number of rotatable bonds is 8. The summed E-state index contributed by atoms with van der Waals surface area (Å²) >= 11 is 5.80. The molecule has 1 aliphatic heterocycles. The number of nitrogens with zero attached hydrogens (tertiary/aromatic N) is 3. The van der Waals surface area contributed by atoms with E-state index in [1.807, 2.05) is 48.7 Å². The number of aromatic nitrogens is 2. The molecule has 3 aromatic rings. The molecule has 4 rings (SSSR count). The van der Waals surface area contributed by atoms with Gasteiger partial charge in [-0.1, -0.05) is 31.2 Å². The third-order valence-corrected chi connectivity index (χ3v) is 7.16. The van der Waals surface area contributed by atoms with Crippen LogP contribution >= 0.6 is 12.2 Å². The molecule has 2 atom stereocenters. The van der Waals surface area contributed by atoms with Gasteiger partial charge in [0.15, 0.2) is 5.11 Å². The molecule has 35 heavy (non-hydrogen) atoms. The van der Waals surface area contributed by atoms with Crippen LogP contribution in [0.1, 0.15) is 73.5 Å². The van der Waals surface area contributed by atoms with Crippen molar-refractivity contribution >= 4 is 28.9 Å². The van der Waals surface area contributed by atoms with Crippen molar-refractivity contribution in [2.24, 2.45) is 0 Å². The Kier molecular flexibility index (Phi) is 7.55. The fourth-order valence-corrected chi connectivity index (χ4v) is 5.60. The first-order chi connectivity index (χ1) is 16.8. The monoisotopic (exact) mass is 489 g/mol. The lowest BCUT2D eigenvalue weighted by Gasteiger charge is -2.28. The number of hydrogen-bond donors (Lipinski definition) is 2. The van der Waals surface area contributed by atoms with E-state index in [4.69, 9.17) is 12.2 Å². The lowest BCUT2D eigenvalue weighted by Crippen LogP contribution is -2.33. The number of carbonyl (C=O) groups is 1. The highest BCUT2D eigenvalue weighted by molar-refractivity contribution is 7.80. The summed E-state index contributed by atoms with van der Waals surface area (Å²) in [6.07, 6.45) is 3.03. The summed E-state index contributed by atoms with van der Waals surface area (Å²) in [6.45, 7) is 11.3. The molecule has 0 bridgehead atoms. The van der Waals surface area contributed by atoms with Crippen molar-refractivity contribution in [3.63, 3.8) is 0 Å². The SMILES string of the molecule is CCc1ccccc1NC(=O)CCN1C(=S)N[C@@H](c2ccccn2)[C@@H]1c1cc(C)n(C(C)C)c1C. The molecular weight excluding hydrogens is 454 g/mol. The van der Waals surface area contributed by atoms with Crippen LogP contribution in [0.25, 0.3) is 0 Å². The molecule has 1 aromatic carbocycles. The second kappa shape index (κ2) is 10.6. The normalized spacial score (nSPS) is 17.7. The van der Waals surface area contributed by atoms with Crippen LogP contribution in [0.5, 0.6) is 0 Å². The molecule has 184 valence electrons. The van der Waals surface area contributed by atoms with E-state index in [9.17, 15) is 4.79 Å². The van der Waals surface area contributed by atoms with Gasteiger partial charge in [0.1, 0.15) is 0 Å². The zero-order chi connectivity index (χ0) is 25.1. The van der Waals surface area contributed by atoms with Gasteiger partial charge in [-0.15, -0.1) is 0 Å². The fourth-order valence-electron chi connectivity index (χ4n) is 5.27. The van der Waals surface area contributed by atoms with Gasteiger partial charge < -0.3 is 20.1 Å². The Morgan fingerprint density at radius 1 is 1.17 bits per heavy atom. The molecule has 0 saturated carbocycles. The van der Waals surface area contributed by atoms with Crippen LogP contribution in [0, 0.1) is 13.8 Å². The van der Waals surface area contributed by atoms with Gasteiger partial charge >= 0.3 is 0 Å². The van der Waals surface area contributed by atoms with E-state index in [1.54, 1.807) is 0 Å². The van der Waals surface area contributed by atoms with Crippen LogP contribution < -0.4 is 10.6 Å². The zero-order valence-electron chi connectivity index (χ0n) is 21.2. The quantitative estimate of drug-likeness (QED) is 0.401. The first kappa shape index (κ1) is 24.9. The van der Waals surface area contributed by atoms with Gasteiger partial charge in [0.25, 0.3) is 0 Å². The van der Waals surface area contributed by atoms with Crippen molar-refractivity contribution in [1.29, 1.82) is 0 Å². The summed E-state index contributed by atoms with van der Waals surface area (Å²) in [5.41, 5.74) is 6.62. The summed E-state index contributed by atoms with van der Waals surface area (Å²) in [5.74, 6) is -0.0126. The van der Waals surface area contributed by atoms with Crippen LogP contribution in [-0.4, -0.2) is 32.0 Å². The minimum absolute atomic E-state index is 0.0126. The van der Waals surface area contributed by atoms with Crippen LogP contribution in [0.15, 0.2) is 54.7 Å². The van der Waals surface area contributed by atoms with Crippen LogP contribution in [0.2, 0.25) is 0 Å². The Morgan fingerprint density at radius 3 is 2.57 bits per heavy atom. The maximum atomic E-state index is 12.9. The summed E-state index contributed by atoms with van der Waals surface area (Å²) < 4.78 is 2.36. The molecular formula is C28H35N5OS. The molecule has 1 fully saturated rings. The van der Waals surface area contributed by atoms with Gasteiger partial charge in [-0.2, -0.15) is 0 Å². The summed E-state index contributed by atoms with van der Waals surface area (Å²) in [4.78, 5) is 19.7. The first-order valence-electron chi connectivity index (χ1n) is 12.4. The van der Waals surface area contributed by atoms with Gasteiger partial charge in [0.2, 0.25) is 5.91 Å². The molecule has 6 nitrogen and oxygen atoms in total. The Bertz CT molecular complexity index is 1200. The second-order valence-corrected chi connectivity index (χ2v) is 9.81. The number of carbonyl (C=O) groups excluding carboxylic acids is 1. The van der Waals surface area contributed by atoms with Crippen molar-refractivity contribution in [2.75, 3.05) is 11.9 Å². The predicted molar refractivity (Wildman–Crippen MR) is 146 cm³/mol. The smallest absolute Gasteiger partial charge is 0.226 e. The van der Waals surface area contributed by atoms with Crippen LogP contribution in [-0.2, 0) is 11.2 Å². The van der Waals surface area contributed by atoms with E-state index < -0.39 is 0 Å². The molecule has 1 saturated heterocycles. The summed E-state index contributed by atoms with van der Waals surface area (Å²) in [5, 5.41) is 7.25. The number of anilines is 1. The van der Waals surface area contributed by atoms with E-state index in [0.717, 1.165) is 23.4 Å². The molecule has 2 N–H and O–H groups in total. The van der Waals surface area contributed by atoms with Crippen molar-refractivity contribution in [1.82, 2.24) is 19.8 Å². The summed E-state index contributed by atoms with van der Waals surface area (Å²) in [6, 6.07) is 16.4. The van der Waals surface area contributed by atoms with Gasteiger partial charge in [0.05, 0.1) is 17.8 Å². The Hall–Kier alpha value is -3.19. The highest BCUT2D eigenvalue weighted by atomic mass is 32.1. The third-order valence-electron chi connectivity index (χ3n) is 6.81. The maximum Gasteiger partial charge on any atom is 0.226 e. The van der Waals surface area contributed by atoms with E-state index in [1.165, 1.54) is 17.0 Å². The van der Waals surface area contributed by atoms with Crippen LogP contribution in [0.4, 0.5) is 5.69 Å². The third kappa shape index (κ3) is 5.10. The number of aryl methyl sites for hydroxylation is 2. The number of hydrogen-bond acceptors (Lipinski definition) is 3. The second-order valence-electron chi connectivity index (χ2n) is 9.42. The van der Waals surface area contributed by atoms with Crippen molar-refractivity contribution < 1.29 is 4.79 Å². The Morgan fingerprint density at radius 2 is 1.91 bits per heavy atom. The minimum atomic E-state index is -0.0892. The molecule has 0 aliphatic carbocycles. The molecule has 2 aromatic heterocycles. The molecule has 0 radical (unpaired) electrons. The minimum Gasteiger partial charge on any atom is -0.352 e. The number of pyridine rings is 1. The van der Waals surface area contributed by atoms with E-state index in [-0.39, 0.29) is 18.0 Å². The lowest BCUT2D eigenvalue weighted by atomic mass is 9.96. The number of nitrogens with one attached hydrogen (secondary N) is 2. The number of benzene rings is 1. The molecule has 7 heteroatoms. The first-order valence-corrected chi connectivity index (χ1v) is 12.8.